The Hall–Kier alpha value is -0.380. The van der Waals surface area contributed by atoms with Gasteiger partial charge in [0.2, 0.25) is 0 Å². The highest BCUT2D eigenvalue weighted by Crippen LogP contribution is 2.30. The number of nitrogens with one attached hydrogen (secondary N) is 1. The van der Waals surface area contributed by atoms with Gasteiger partial charge in [0.25, 0.3) is 0 Å². The molecule has 1 atom stereocenters. The van der Waals surface area contributed by atoms with Crippen LogP contribution in [0.25, 0.3) is 0 Å². The van der Waals surface area contributed by atoms with Gasteiger partial charge in [-0.25, -0.2) is 0 Å². The van der Waals surface area contributed by atoms with Crippen molar-refractivity contribution >= 4 is 29.1 Å². The smallest absolute Gasteiger partial charge is 0.0642 e. The van der Waals surface area contributed by atoms with E-state index in [1.807, 2.05) is 30.9 Å². The molecule has 96 valence electrons. The molecular formula is C13H21ClN2S. The third kappa shape index (κ3) is 3.80. The monoisotopic (exact) mass is 272 g/mol. The van der Waals surface area contributed by atoms with Crippen LogP contribution >= 0.6 is 23.4 Å². The zero-order valence-corrected chi connectivity index (χ0v) is 12.5. The molecule has 0 aromatic heterocycles. The van der Waals surface area contributed by atoms with E-state index in [2.05, 4.69) is 36.5 Å². The SMILES string of the molecule is CNCc1cccc(Cl)c1N(C)C(C)CSC. The fourth-order valence-electron chi connectivity index (χ4n) is 1.86. The predicted octanol–water partition coefficient (Wildman–Crippen LogP) is 3.25. The molecule has 0 radical (unpaired) electrons. The molecule has 0 aliphatic rings. The van der Waals surface area contributed by atoms with E-state index in [1.165, 1.54) is 5.56 Å². The minimum absolute atomic E-state index is 0.473. The molecule has 0 amide bonds. The lowest BCUT2D eigenvalue weighted by Gasteiger charge is -2.29. The summed E-state index contributed by atoms with van der Waals surface area (Å²) in [6.07, 6.45) is 2.13. The fourth-order valence-corrected chi connectivity index (χ4v) is 2.89. The molecule has 1 N–H and O–H groups in total. The van der Waals surface area contributed by atoms with Crippen LogP contribution in [0.2, 0.25) is 5.02 Å². The summed E-state index contributed by atoms with van der Waals surface area (Å²) in [6, 6.07) is 6.56. The third-order valence-electron chi connectivity index (χ3n) is 2.86. The molecule has 1 unspecified atom stereocenters. The third-order valence-corrected chi connectivity index (χ3v) is 3.98. The van der Waals surface area contributed by atoms with Crippen molar-refractivity contribution in [3.05, 3.63) is 28.8 Å². The second-order valence-corrected chi connectivity index (χ2v) is 5.51. The summed E-state index contributed by atoms with van der Waals surface area (Å²) in [7, 11) is 4.07. The van der Waals surface area contributed by atoms with E-state index in [9.17, 15) is 0 Å². The largest absolute Gasteiger partial charge is 0.370 e. The lowest BCUT2D eigenvalue weighted by molar-refractivity contribution is 0.748. The molecule has 1 aromatic rings. The highest BCUT2D eigenvalue weighted by molar-refractivity contribution is 7.98. The quantitative estimate of drug-likeness (QED) is 0.856. The molecule has 0 saturated carbocycles. The predicted molar refractivity (Wildman–Crippen MR) is 80.5 cm³/mol. The number of thioether (sulfide) groups is 1. The van der Waals surface area contributed by atoms with E-state index in [4.69, 9.17) is 11.6 Å². The first-order valence-corrected chi connectivity index (χ1v) is 7.52. The van der Waals surface area contributed by atoms with Gasteiger partial charge in [-0.1, -0.05) is 23.7 Å². The second kappa shape index (κ2) is 7.14. The van der Waals surface area contributed by atoms with E-state index in [0.29, 0.717) is 6.04 Å². The van der Waals surface area contributed by atoms with Gasteiger partial charge in [0.15, 0.2) is 0 Å². The highest BCUT2D eigenvalue weighted by atomic mass is 35.5. The van der Waals surface area contributed by atoms with Gasteiger partial charge >= 0.3 is 0 Å². The number of halogens is 1. The number of benzene rings is 1. The zero-order chi connectivity index (χ0) is 12.8. The fraction of sp³-hybridized carbons (Fsp3) is 0.538. The summed E-state index contributed by atoms with van der Waals surface area (Å²) in [5, 5.41) is 4.01. The maximum absolute atomic E-state index is 6.33. The molecule has 0 aliphatic carbocycles. The van der Waals surface area contributed by atoms with Crippen molar-refractivity contribution in [2.24, 2.45) is 0 Å². The first-order valence-electron chi connectivity index (χ1n) is 5.75. The summed E-state index contributed by atoms with van der Waals surface area (Å²) >= 11 is 8.19. The van der Waals surface area contributed by atoms with Crippen molar-refractivity contribution in [1.29, 1.82) is 0 Å². The van der Waals surface area contributed by atoms with Crippen molar-refractivity contribution in [1.82, 2.24) is 5.32 Å². The molecule has 4 heteroatoms. The van der Waals surface area contributed by atoms with Gasteiger partial charge in [-0.15, -0.1) is 0 Å². The van der Waals surface area contributed by atoms with Crippen molar-refractivity contribution in [2.45, 2.75) is 19.5 Å². The molecule has 2 nitrogen and oxygen atoms in total. The Morgan fingerprint density at radius 3 is 2.76 bits per heavy atom. The van der Waals surface area contributed by atoms with Crippen LogP contribution in [0.5, 0.6) is 0 Å². The molecule has 0 fully saturated rings. The topological polar surface area (TPSA) is 15.3 Å². The van der Waals surface area contributed by atoms with Crippen LogP contribution < -0.4 is 10.2 Å². The Morgan fingerprint density at radius 1 is 1.47 bits per heavy atom. The summed E-state index contributed by atoms with van der Waals surface area (Å²) in [5.41, 5.74) is 2.39. The van der Waals surface area contributed by atoms with Crippen molar-refractivity contribution in [2.75, 3.05) is 31.0 Å². The van der Waals surface area contributed by atoms with E-state index in [-0.39, 0.29) is 0 Å². The van der Waals surface area contributed by atoms with E-state index in [1.54, 1.807) is 0 Å². The zero-order valence-electron chi connectivity index (χ0n) is 11.0. The van der Waals surface area contributed by atoms with Gasteiger partial charge in [0.05, 0.1) is 10.7 Å². The Bertz CT molecular complexity index is 357. The number of hydrogen-bond acceptors (Lipinski definition) is 3. The maximum atomic E-state index is 6.33. The second-order valence-electron chi connectivity index (χ2n) is 4.19. The average molecular weight is 273 g/mol. The molecular weight excluding hydrogens is 252 g/mol. The minimum Gasteiger partial charge on any atom is -0.370 e. The van der Waals surface area contributed by atoms with Crippen LogP contribution in [-0.2, 0) is 6.54 Å². The number of para-hydroxylation sites is 1. The number of rotatable bonds is 6. The van der Waals surface area contributed by atoms with Crippen molar-refractivity contribution in [3.63, 3.8) is 0 Å². The standard InChI is InChI=1S/C13H21ClN2S/c1-10(9-17-4)16(3)13-11(8-15-2)6-5-7-12(13)14/h5-7,10,15H,8-9H2,1-4H3. The lowest BCUT2D eigenvalue weighted by Crippen LogP contribution is -2.32. The highest BCUT2D eigenvalue weighted by Gasteiger charge is 2.15. The van der Waals surface area contributed by atoms with Gasteiger partial charge in [-0.3, -0.25) is 0 Å². The van der Waals surface area contributed by atoms with Gasteiger partial charge in [0, 0.05) is 25.4 Å². The molecule has 0 saturated heterocycles. The summed E-state index contributed by atoms with van der Waals surface area (Å²) in [5.74, 6) is 1.10. The van der Waals surface area contributed by atoms with E-state index in [0.717, 1.165) is 23.0 Å². The Morgan fingerprint density at radius 2 is 2.18 bits per heavy atom. The lowest BCUT2D eigenvalue weighted by atomic mass is 10.1. The van der Waals surface area contributed by atoms with Gasteiger partial charge in [-0.2, -0.15) is 11.8 Å². The van der Waals surface area contributed by atoms with Crippen LogP contribution in [0.1, 0.15) is 12.5 Å². The maximum Gasteiger partial charge on any atom is 0.0642 e. The minimum atomic E-state index is 0.473. The Labute approximate surface area is 114 Å². The summed E-state index contributed by atoms with van der Waals surface area (Å²) < 4.78 is 0. The Balaban J connectivity index is 3.01. The summed E-state index contributed by atoms with van der Waals surface area (Å²) in [6.45, 7) is 3.06. The van der Waals surface area contributed by atoms with Crippen LogP contribution in [0.4, 0.5) is 5.69 Å². The van der Waals surface area contributed by atoms with Crippen LogP contribution in [-0.4, -0.2) is 32.1 Å². The molecule has 17 heavy (non-hydrogen) atoms. The number of hydrogen-bond donors (Lipinski definition) is 1. The van der Waals surface area contributed by atoms with Crippen molar-refractivity contribution in [3.8, 4) is 0 Å². The molecule has 0 bridgehead atoms. The Kier molecular flexibility index (Phi) is 6.17. The summed E-state index contributed by atoms with van der Waals surface area (Å²) in [4.78, 5) is 2.27. The van der Waals surface area contributed by atoms with Crippen molar-refractivity contribution < 1.29 is 0 Å². The van der Waals surface area contributed by atoms with Gasteiger partial charge in [0.1, 0.15) is 0 Å². The van der Waals surface area contributed by atoms with Gasteiger partial charge < -0.3 is 10.2 Å². The number of nitrogens with zero attached hydrogens (tertiary/aromatic N) is 1. The first-order chi connectivity index (χ1) is 8.11. The van der Waals surface area contributed by atoms with E-state index < -0.39 is 0 Å². The molecule has 0 heterocycles. The molecule has 1 rings (SSSR count). The molecule has 1 aromatic carbocycles. The molecule has 0 spiro atoms. The first kappa shape index (κ1) is 14.7. The van der Waals surface area contributed by atoms with Crippen LogP contribution in [0.15, 0.2) is 18.2 Å². The number of anilines is 1. The van der Waals surface area contributed by atoms with E-state index >= 15 is 0 Å². The van der Waals surface area contributed by atoms with Crippen LogP contribution in [0.3, 0.4) is 0 Å². The molecule has 0 aliphatic heterocycles. The average Bonchev–Trinajstić information content (AvgIpc) is 2.29. The van der Waals surface area contributed by atoms with Gasteiger partial charge in [-0.05, 0) is 31.9 Å². The van der Waals surface area contributed by atoms with Crippen LogP contribution in [0, 0.1) is 0 Å². The normalized spacial score (nSPS) is 12.5.